The van der Waals surface area contributed by atoms with Gasteiger partial charge in [-0.2, -0.15) is 0 Å². The predicted octanol–water partition coefficient (Wildman–Crippen LogP) is 4.21. The summed E-state index contributed by atoms with van der Waals surface area (Å²) in [5.41, 5.74) is 0.529. The summed E-state index contributed by atoms with van der Waals surface area (Å²) in [6.45, 7) is 5.37. The smallest absolute Gasteiger partial charge is 0.419 e. The minimum absolute atomic E-state index is 0.196. The molecule has 2 heterocycles. The summed E-state index contributed by atoms with van der Waals surface area (Å²) in [7, 11) is 0. The Morgan fingerprint density at radius 3 is 2.56 bits per heavy atom. The van der Waals surface area contributed by atoms with Crippen molar-refractivity contribution in [3.8, 4) is 0 Å². The summed E-state index contributed by atoms with van der Waals surface area (Å²) < 4.78 is 7.24. The topological polar surface area (TPSA) is 74.1 Å². The quantitative estimate of drug-likeness (QED) is 0.601. The monoisotopic (exact) mass is 401 g/mol. The highest BCUT2D eigenvalue weighted by atomic mass is 79.9. The molecule has 0 saturated carbocycles. The Kier molecular flexibility index (Phi) is 4.43. The van der Waals surface area contributed by atoms with Crippen molar-refractivity contribution in [3.05, 3.63) is 58.7 Å². The Morgan fingerprint density at radius 2 is 1.88 bits per heavy atom. The van der Waals surface area contributed by atoms with Gasteiger partial charge in [-0.25, -0.2) is 9.78 Å². The predicted molar refractivity (Wildman–Crippen MR) is 96.7 cm³/mol. The molecule has 0 N–H and O–H groups in total. The summed E-state index contributed by atoms with van der Waals surface area (Å²) in [6.07, 6.45) is 3.85. The van der Waals surface area contributed by atoms with E-state index in [1.807, 2.05) is 6.07 Å². The van der Waals surface area contributed by atoms with Crippen molar-refractivity contribution < 1.29 is 14.3 Å². The zero-order valence-corrected chi connectivity index (χ0v) is 15.6. The molecule has 3 rings (SSSR count). The van der Waals surface area contributed by atoms with Gasteiger partial charge in [0.2, 0.25) is 5.78 Å². The first-order chi connectivity index (χ1) is 11.8. The molecular formula is C18H16BrN3O3. The number of hydrogen-bond acceptors (Lipinski definition) is 5. The maximum Gasteiger partial charge on any atom is 0.419 e. The highest BCUT2D eigenvalue weighted by molar-refractivity contribution is 9.10. The molecule has 0 aliphatic carbocycles. The summed E-state index contributed by atoms with van der Waals surface area (Å²) in [5.74, 6) is -0.313. The van der Waals surface area contributed by atoms with E-state index in [2.05, 4.69) is 25.9 Å². The molecule has 25 heavy (non-hydrogen) atoms. The van der Waals surface area contributed by atoms with Crippen molar-refractivity contribution in [3.63, 3.8) is 0 Å². The van der Waals surface area contributed by atoms with Crippen molar-refractivity contribution in [2.45, 2.75) is 26.4 Å². The molecule has 0 aliphatic rings. The van der Waals surface area contributed by atoms with Gasteiger partial charge in [-0.3, -0.25) is 14.3 Å². The van der Waals surface area contributed by atoms with Crippen molar-refractivity contribution in [1.29, 1.82) is 0 Å². The highest BCUT2D eigenvalue weighted by Gasteiger charge is 2.23. The summed E-state index contributed by atoms with van der Waals surface area (Å²) in [4.78, 5) is 33.5. The molecule has 0 atom stereocenters. The lowest BCUT2D eigenvalue weighted by Crippen LogP contribution is -2.26. The van der Waals surface area contributed by atoms with Gasteiger partial charge in [0.1, 0.15) is 15.9 Å². The SMILES string of the molecule is CC(C)(C)OC(=O)n1cc(C(=O)c2cncc(Br)n2)c2ccccc21. The molecule has 0 unspecified atom stereocenters. The fourth-order valence-electron chi connectivity index (χ4n) is 2.41. The van der Waals surface area contributed by atoms with Gasteiger partial charge in [0.25, 0.3) is 0 Å². The van der Waals surface area contributed by atoms with Gasteiger partial charge in [-0.05, 0) is 42.8 Å². The van der Waals surface area contributed by atoms with Crippen LogP contribution in [0.4, 0.5) is 4.79 Å². The van der Waals surface area contributed by atoms with Crippen molar-refractivity contribution >= 4 is 38.7 Å². The average Bonchev–Trinajstić information content (AvgIpc) is 2.92. The molecule has 6 nitrogen and oxygen atoms in total. The number of ether oxygens (including phenoxy) is 1. The van der Waals surface area contributed by atoms with Crippen LogP contribution in [0.5, 0.6) is 0 Å². The standard InChI is InChI=1S/C18H16BrN3O3/c1-18(2,3)25-17(24)22-10-12(11-6-4-5-7-14(11)22)16(23)13-8-20-9-15(19)21-13/h4-10H,1-3H3. The highest BCUT2D eigenvalue weighted by Crippen LogP contribution is 2.25. The van der Waals surface area contributed by atoms with E-state index in [1.165, 1.54) is 23.2 Å². The zero-order chi connectivity index (χ0) is 18.2. The number of fused-ring (bicyclic) bond motifs is 1. The molecule has 7 heteroatoms. The first-order valence-electron chi connectivity index (χ1n) is 7.62. The van der Waals surface area contributed by atoms with Crippen LogP contribution in [0, 0.1) is 0 Å². The van der Waals surface area contributed by atoms with Crippen LogP contribution >= 0.6 is 15.9 Å². The third-order valence-corrected chi connectivity index (χ3v) is 3.77. The summed E-state index contributed by atoms with van der Waals surface area (Å²) in [5, 5.41) is 0.653. The van der Waals surface area contributed by atoms with Crippen LogP contribution in [0.25, 0.3) is 10.9 Å². The van der Waals surface area contributed by atoms with Gasteiger partial charge in [-0.1, -0.05) is 18.2 Å². The number of nitrogens with zero attached hydrogens (tertiary/aromatic N) is 3. The van der Waals surface area contributed by atoms with Crippen molar-refractivity contribution in [1.82, 2.24) is 14.5 Å². The van der Waals surface area contributed by atoms with E-state index in [9.17, 15) is 9.59 Å². The van der Waals surface area contributed by atoms with E-state index < -0.39 is 11.7 Å². The molecule has 3 aromatic rings. The number of aromatic nitrogens is 3. The molecule has 2 aromatic heterocycles. The molecular weight excluding hydrogens is 386 g/mol. The van der Waals surface area contributed by atoms with E-state index in [1.54, 1.807) is 39.0 Å². The Labute approximate surface area is 153 Å². The number of ketones is 1. The molecule has 128 valence electrons. The van der Waals surface area contributed by atoms with E-state index in [-0.39, 0.29) is 11.5 Å². The van der Waals surface area contributed by atoms with Crippen LogP contribution in [0.15, 0.2) is 47.5 Å². The number of carbonyl (C=O) groups excluding carboxylic acids is 2. The van der Waals surface area contributed by atoms with Gasteiger partial charge < -0.3 is 4.74 Å². The Balaban J connectivity index is 2.11. The van der Waals surface area contributed by atoms with Gasteiger partial charge in [0.05, 0.1) is 23.5 Å². The Morgan fingerprint density at radius 1 is 1.16 bits per heavy atom. The van der Waals surface area contributed by atoms with Crippen LogP contribution in [0.1, 0.15) is 36.8 Å². The number of hydrogen-bond donors (Lipinski definition) is 0. The van der Waals surface area contributed by atoms with E-state index in [0.29, 0.717) is 21.1 Å². The van der Waals surface area contributed by atoms with E-state index in [0.717, 1.165) is 0 Å². The van der Waals surface area contributed by atoms with E-state index >= 15 is 0 Å². The Bertz CT molecular complexity index is 973. The molecule has 0 amide bonds. The van der Waals surface area contributed by atoms with Crippen molar-refractivity contribution in [2.24, 2.45) is 0 Å². The first-order valence-corrected chi connectivity index (χ1v) is 8.41. The van der Waals surface area contributed by atoms with Gasteiger partial charge in [0.15, 0.2) is 0 Å². The maximum atomic E-state index is 12.8. The molecule has 0 aliphatic heterocycles. The van der Waals surface area contributed by atoms with Gasteiger partial charge in [-0.15, -0.1) is 0 Å². The minimum Gasteiger partial charge on any atom is -0.443 e. The number of benzene rings is 1. The second kappa shape index (κ2) is 6.40. The molecule has 0 radical (unpaired) electrons. The lowest BCUT2D eigenvalue weighted by molar-refractivity contribution is 0.0544. The lowest BCUT2D eigenvalue weighted by atomic mass is 10.1. The van der Waals surface area contributed by atoms with Crippen LogP contribution < -0.4 is 0 Å². The maximum absolute atomic E-state index is 12.8. The second-order valence-corrected chi connectivity index (χ2v) is 7.28. The summed E-state index contributed by atoms with van der Waals surface area (Å²) in [6, 6.07) is 7.17. The number of carbonyl (C=O) groups is 2. The molecule has 0 bridgehead atoms. The number of halogens is 1. The third-order valence-electron chi connectivity index (χ3n) is 3.38. The summed E-state index contributed by atoms with van der Waals surface area (Å²) >= 11 is 3.21. The average molecular weight is 402 g/mol. The fourth-order valence-corrected chi connectivity index (χ4v) is 2.72. The van der Waals surface area contributed by atoms with Crippen LogP contribution in [0.2, 0.25) is 0 Å². The molecule has 1 aromatic carbocycles. The third kappa shape index (κ3) is 3.61. The van der Waals surface area contributed by atoms with E-state index in [4.69, 9.17) is 4.74 Å². The number of rotatable bonds is 2. The van der Waals surface area contributed by atoms with Gasteiger partial charge >= 0.3 is 6.09 Å². The lowest BCUT2D eigenvalue weighted by Gasteiger charge is -2.19. The molecule has 0 saturated heterocycles. The largest absolute Gasteiger partial charge is 0.443 e. The molecule has 0 spiro atoms. The van der Waals surface area contributed by atoms with Crippen LogP contribution in [-0.2, 0) is 4.74 Å². The first kappa shape index (κ1) is 17.3. The Hall–Kier alpha value is -2.54. The normalized spacial score (nSPS) is 11.5. The minimum atomic E-state index is -0.637. The zero-order valence-electron chi connectivity index (χ0n) is 14.0. The fraction of sp³-hybridized carbons (Fsp3) is 0.222. The van der Waals surface area contributed by atoms with Crippen LogP contribution in [0.3, 0.4) is 0 Å². The van der Waals surface area contributed by atoms with Gasteiger partial charge in [0, 0.05) is 11.6 Å². The number of para-hydroxylation sites is 1. The van der Waals surface area contributed by atoms with Crippen molar-refractivity contribution in [2.75, 3.05) is 0 Å². The molecule has 0 fully saturated rings. The van der Waals surface area contributed by atoms with Crippen LogP contribution in [-0.4, -0.2) is 32.0 Å². The second-order valence-electron chi connectivity index (χ2n) is 6.47.